The van der Waals surface area contributed by atoms with Crippen molar-refractivity contribution in [2.75, 3.05) is 26.2 Å². The summed E-state index contributed by atoms with van der Waals surface area (Å²) in [5.41, 5.74) is -0.721. The molecule has 6 heteroatoms. The number of amides is 2. The zero-order chi connectivity index (χ0) is 12.6. The SMILES string of the molecule is CC(C(=O)N1CCNC(=O)C1(C)C)C1CNC1.Cl. The van der Waals surface area contributed by atoms with Gasteiger partial charge in [-0.25, -0.2) is 0 Å². The Morgan fingerprint density at radius 1 is 1.44 bits per heavy atom. The van der Waals surface area contributed by atoms with Crippen LogP contribution in [0.25, 0.3) is 0 Å². The molecule has 1 atom stereocenters. The molecule has 5 nitrogen and oxygen atoms in total. The number of carbonyl (C=O) groups excluding carboxylic acids is 2. The van der Waals surface area contributed by atoms with Gasteiger partial charge in [0, 0.05) is 19.0 Å². The Morgan fingerprint density at radius 2 is 2.06 bits per heavy atom. The summed E-state index contributed by atoms with van der Waals surface area (Å²) < 4.78 is 0. The molecular formula is C12H22ClN3O2. The second kappa shape index (κ2) is 5.45. The zero-order valence-electron chi connectivity index (χ0n) is 11.2. The van der Waals surface area contributed by atoms with Gasteiger partial charge in [-0.05, 0) is 32.9 Å². The van der Waals surface area contributed by atoms with Gasteiger partial charge < -0.3 is 15.5 Å². The summed E-state index contributed by atoms with van der Waals surface area (Å²) in [6.07, 6.45) is 0. The summed E-state index contributed by atoms with van der Waals surface area (Å²) in [5, 5.41) is 5.99. The van der Waals surface area contributed by atoms with Crippen LogP contribution in [-0.4, -0.2) is 48.4 Å². The van der Waals surface area contributed by atoms with E-state index >= 15 is 0 Å². The van der Waals surface area contributed by atoms with Crippen LogP contribution in [0.4, 0.5) is 0 Å². The maximum atomic E-state index is 12.4. The quantitative estimate of drug-likeness (QED) is 0.746. The van der Waals surface area contributed by atoms with Crippen molar-refractivity contribution in [3.05, 3.63) is 0 Å². The number of rotatable bonds is 2. The first-order valence-electron chi connectivity index (χ1n) is 6.25. The summed E-state index contributed by atoms with van der Waals surface area (Å²) in [7, 11) is 0. The molecule has 0 aromatic carbocycles. The van der Waals surface area contributed by atoms with Gasteiger partial charge in [-0.1, -0.05) is 6.92 Å². The summed E-state index contributed by atoms with van der Waals surface area (Å²) >= 11 is 0. The third-order valence-electron chi connectivity index (χ3n) is 4.03. The molecule has 0 radical (unpaired) electrons. The predicted molar refractivity (Wildman–Crippen MR) is 71.6 cm³/mol. The van der Waals surface area contributed by atoms with Gasteiger partial charge in [-0.3, -0.25) is 9.59 Å². The lowest BCUT2D eigenvalue weighted by Crippen LogP contribution is -2.65. The predicted octanol–water partition coefficient (Wildman–Crippen LogP) is 0.000700. The summed E-state index contributed by atoms with van der Waals surface area (Å²) in [4.78, 5) is 25.9. The average Bonchev–Trinajstić information content (AvgIpc) is 2.18. The van der Waals surface area contributed by atoms with Crippen LogP contribution < -0.4 is 10.6 Å². The molecule has 1 unspecified atom stereocenters. The Bertz CT molecular complexity index is 342. The first-order valence-corrected chi connectivity index (χ1v) is 6.25. The van der Waals surface area contributed by atoms with Crippen LogP contribution in [0.3, 0.4) is 0 Å². The molecule has 18 heavy (non-hydrogen) atoms. The van der Waals surface area contributed by atoms with E-state index in [1.54, 1.807) is 4.90 Å². The fraction of sp³-hybridized carbons (Fsp3) is 0.833. The maximum absolute atomic E-state index is 12.4. The lowest BCUT2D eigenvalue weighted by molar-refractivity contribution is -0.153. The monoisotopic (exact) mass is 275 g/mol. The Morgan fingerprint density at radius 3 is 2.56 bits per heavy atom. The first kappa shape index (κ1) is 15.2. The van der Waals surface area contributed by atoms with Crippen molar-refractivity contribution < 1.29 is 9.59 Å². The van der Waals surface area contributed by atoms with E-state index in [-0.39, 0.29) is 30.1 Å². The van der Waals surface area contributed by atoms with Crippen LogP contribution in [-0.2, 0) is 9.59 Å². The van der Waals surface area contributed by atoms with Crippen LogP contribution in [0.1, 0.15) is 20.8 Å². The van der Waals surface area contributed by atoms with E-state index in [4.69, 9.17) is 0 Å². The number of hydrogen-bond acceptors (Lipinski definition) is 3. The highest BCUT2D eigenvalue weighted by atomic mass is 35.5. The van der Waals surface area contributed by atoms with Gasteiger partial charge in [0.05, 0.1) is 0 Å². The largest absolute Gasteiger partial charge is 0.352 e. The number of nitrogens with zero attached hydrogens (tertiary/aromatic N) is 1. The van der Waals surface area contributed by atoms with Crippen molar-refractivity contribution >= 4 is 24.2 Å². The number of halogens is 1. The van der Waals surface area contributed by atoms with E-state index in [0.717, 1.165) is 13.1 Å². The van der Waals surface area contributed by atoms with Crippen LogP contribution in [0, 0.1) is 11.8 Å². The van der Waals surface area contributed by atoms with Gasteiger partial charge in [-0.15, -0.1) is 12.4 Å². The molecule has 2 aliphatic rings. The number of carbonyl (C=O) groups is 2. The van der Waals surface area contributed by atoms with Gasteiger partial charge in [0.25, 0.3) is 0 Å². The lowest BCUT2D eigenvalue weighted by atomic mass is 9.86. The molecule has 2 fully saturated rings. The third kappa shape index (κ3) is 2.47. The van der Waals surface area contributed by atoms with E-state index in [2.05, 4.69) is 10.6 Å². The standard InChI is InChI=1S/C12H21N3O2.ClH/c1-8(9-6-13-7-9)10(16)15-5-4-14-11(17)12(15,2)3;/h8-9,13H,4-7H2,1-3H3,(H,14,17);1H. The zero-order valence-corrected chi connectivity index (χ0v) is 12.0. The Balaban J connectivity index is 0.00000162. The number of nitrogens with one attached hydrogen (secondary N) is 2. The fourth-order valence-electron chi connectivity index (χ4n) is 2.40. The van der Waals surface area contributed by atoms with Crippen molar-refractivity contribution in [1.29, 1.82) is 0 Å². The van der Waals surface area contributed by atoms with Crippen LogP contribution in [0.15, 0.2) is 0 Å². The van der Waals surface area contributed by atoms with Gasteiger partial charge in [0.15, 0.2) is 0 Å². The van der Waals surface area contributed by atoms with E-state index in [1.165, 1.54) is 0 Å². The Hall–Kier alpha value is -0.810. The van der Waals surface area contributed by atoms with Gasteiger partial charge >= 0.3 is 0 Å². The van der Waals surface area contributed by atoms with Gasteiger partial charge in [0.1, 0.15) is 5.54 Å². The maximum Gasteiger partial charge on any atom is 0.245 e. The molecule has 2 amide bonds. The summed E-state index contributed by atoms with van der Waals surface area (Å²) in [6, 6.07) is 0. The van der Waals surface area contributed by atoms with E-state index in [1.807, 2.05) is 20.8 Å². The minimum Gasteiger partial charge on any atom is -0.352 e. The van der Waals surface area contributed by atoms with Gasteiger partial charge in [0.2, 0.25) is 11.8 Å². The van der Waals surface area contributed by atoms with E-state index in [0.29, 0.717) is 19.0 Å². The minimum absolute atomic E-state index is 0. The van der Waals surface area contributed by atoms with Gasteiger partial charge in [-0.2, -0.15) is 0 Å². The topological polar surface area (TPSA) is 61.4 Å². The smallest absolute Gasteiger partial charge is 0.245 e. The van der Waals surface area contributed by atoms with Crippen LogP contribution in [0.2, 0.25) is 0 Å². The highest BCUT2D eigenvalue weighted by Crippen LogP contribution is 2.24. The molecule has 0 aromatic heterocycles. The molecule has 104 valence electrons. The minimum atomic E-state index is -0.721. The normalized spacial score (nSPS) is 24.6. The molecule has 0 bridgehead atoms. The molecule has 2 rings (SSSR count). The molecule has 2 N–H and O–H groups in total. The molecule has 2 aliphatic heterocycles. The second-order valence-electron chi connectivity index (χ2n) is 5.51. The first-order chi connectivity index (χ1) is 7.94. The number of piperazine rings is 1. The van der Waals surface area contributed by atoms with Crippen molar-refractivity contribution in [2.24, 2.45) is 11.8 Å². The molecule has 0 aliphatic carbocycles. The molecule has 0 spiro atoms. The van der Waals surface area contributed by atoms with Crippen molar-refractivity contribution in [2.45, 2.75) is 26.3 Å². The molecule has 2 saturated heterocycles. The Labute approximate surface area is 114 Å². The number of hydrogen-bond donors (Lipinski definition) is 2. The van der Waals surface area contributed by atoms with E-state index < -0.39 is 5.54 Å². The highest BCUT2D eigenvalue weighted by molar-refractivity contribution is 5.92. The molecule has 2 heterocycles. The van der Waals surface area contributed by atoms with Crippen LogP contribution in [0.5, 0.6) is 0 Å². The summed E-state index contributed by atoms with van der Waals surface area (Å²) in [5.74, 6) is 0.470. The van der Waals surface area contributed by atoms with Crippen molar-refractivity contribution in [3.8, 4) is 0 Å². The average molecular weight is 276 g/mol. The van der Waals surface area contributed by atoms with Crippen molar-refractivity contribution in [3.63, 3.8) is 0 Å². The molecular weight excluding hydrogens is 254 g/mol. The lowest BCUT2D eigenvalue weighted by Gasteiger charge is -2.44. The third-order valence-corrected chi connectivity index (χ3v) is 4.03. The van der Waals surface area contributed by atoms with E-state index in [9.17, 15) is 9.59 Å². The summed E-state index contributed by atoms with van der Waals surface area (Å²) in [6.45, 7) is 8.58. The molecule has 0 saturated carbocycles. The fourth-order valence-corrected chi connectivity index (χ4v) is 2.40. The second-order valence-corrected chi connectivity index (χ2v) is 5.51. The van der Waals surface area contributed by atoms with Crippen LogP contribution >= 0.6 is 12.4 Å². The van der Waals surface area contributed by atoms with Crippen molar-refractivity contribution in [1.82, 2.24) is 15.5 Å². The highest BCUT2D eigenvalue weighted by Gasteiger charge is 2.43. The Kier molecular flexibility index (Phi) is 4.61. The molecule has 0 aromatic rings.